The van der Waals surface area contributed by atoms with Gasteiger partial charge in [0.05, 0.1) is 22.7 Å². The van der Waals surface area contributed by atoms with Gasteiger partial charge in [0, 0.05) is 40.1 Å². The second kappa shape index (κ2) is 8.28. The maximum absolute atomic E-state index is 5.96. The summed E-state index contributed by atoms with van der Waals surface area (Å²) in [4.78, 5) is 12.8. The van der Waals surface area contributed by atoms with E-state index in [2.05, 4.69) is 96.3 Å². The van der Waals surface area contributed by atoms with Gasteiger partial charge < -0.3 is 24.6 Å². The first-order valence-corrected chi connectivity index (χ1v) is 10.4. The lowest BCUT2D eigenvalue weighted by molar-refractivity contribution is 0.338. The summed E-state index contributed by atoms with van der Waals surface area (Å²) in [6, 6.07) is 12.7. The Bertz CT molecular complexity index is 1390. The minimum atomic E-state index is 0.618. The number of ether oxygens (including phenoxy) is 1. The normalized spacial score (nSPS) is 14.3. The van der Waals surface area contributed by atoms with Gasteiger partial charge in [0.25, 0.3) is 0 Å². The smallest absolute Gasteiger partial charge is 0.144 e. The molecule has 0 radical (unpaired) electrons. The average molecular weight is 403 g/mol. The summed E-state index contributed by atoms with van der Waals surface area (Å²) in [5, 5.41) is 5.50. The van der Waals surface area contributed by atoms with E-state index in [9.17, 15) is 0 Å². The molecule has 0 amide bonds. The summed E-state index contributed by atoms with van der Waals surface area (Å²) in [6.45, 7) is 7.69. The zero-order valence-electron chi connectivity index (χ0n) is 18.4. The number of hydrogen-bond donors (Lipinski definition) is 3. The van der Waals surface area contributed by atoms with Crippen LogP contribution in [0.2, 0.25) is 0 Å². The SMILES string of the molecule is CCOc1c/c(=c2/[nH]c3ccccc3/c2=C/CN(C)C)[nH]/c1=C\c1[nH]c(C)cc1C. The molecule has 1 aromatic carbocycles. The Morgan fingerprint density at radius 1 is 1.03 bits per heavy atom. The van der Waals surface area contributed by atoms with Crippen molar-refractivity contribution in [3.63, 3.8) is 0 Å². The number of nitrogens with one attached hydrogen (secondary N) is 3. The molecule has 30 heavy (non-hydrogen) atoms. The Morgan fingerprint density at radius 2 is 1.83 bits per heavy atom. The number of rotatable bonds is 5. The third kappa shape index (κ3) is 3.94. The predicted octanol–water partition coefficient (Wildman–Crippen LogP) is 3.30. The number of hydrogen-bond acceptors (Lipinski definition) is 2. The molecular weight excluding hydrogens is 372 g/mol. The number of aromatic nitrogens is 3. The quantitative estimate of drug-likeness (QED) is 0.480. The molecule has 0 bridgehead atoms. The van der Waals surface area contributed by atoms with E-state index in [0.29, 0.717) is 6.61 Å². The Hall–Kier alpha value is -3.18. The maximum atomic E-state index is 5.96. The lowest BCUT2D eigenvalue weighted by atomic mass is 10.2. The first-order chi connectivity index (χ1) is 14.5. The molecule has 0 aliphatic rings. The van der Waals surface area contributed by atoms with Crippen molar-refractivity contribution in [2.24, 2.45) is 0 Å². The highest BCUT2D eigenvalue weighted by Crippen LogP contribution is 2.12. The van der Waals surface area contributed by atoms with Gasteiger partial charge >= 0.3 is 0 Å². The fourth-order valence-corrected chi connectivity index (χ4v) is 3.87. The van der Waals surface area contributed by atoms with Gasteiger partial charge in [-0.25, -0.2) is 0 Å². The lowest BCUT2D eigenvalue weighted by Gasteiger charge is -2.03. The van der Waals surface area contributed by atoms with Crippen LogP contribution in [0, 0.1) is 24.5 Å². The molecule has 0 saturated heterocycles. The van der Waals surface area contributed by atoms with Crippen molar-refractivity contribution >= 4 is 23.1 Å². The number of fused-ring (bicyclic) bond motifs is 1. The number of aryl methyl sites for hydroxylation is 2. The van der Waals surface area contributed by atoms with E-state index in [4.69, 9.17) is 4.74 Å². The van der Waals surface area contributed by atoms with E-state index in [0.717, 1.165) is 45.2 Å². The van der Waals surface area contributed by atoms with Crippen LogP contribution in [0.25, 0.3) is 23.1 Å². The standard InChI is InChI=1S/C25H30N4O/c1-6-30-24-15-23(27-22(24)14-21-16(2)13-17(3)26-21)25-19(11-12-29(4)5)18-9-7-8-10-20(18)28-25/h7-11,13-15,26-28H,6,12H2,1-5H3/b19-11-,22-14-,25-23-. The lowest BCUT2D eigenvalue weighted by Crippen LogP contribution is -2.14. The molecule has 0 spiro atoms. The highest BCUT2D eigenvalue weighted by Gasteiger charge is 2.06. The van der Waals surface area contributed by atoms with Crippen LogP contribution in [0.4, 0.5) is 0 Å². The number of para-hydroxylation sites is 1. The molecule has 0 aliphatic heterocycles. The van der Waals surface area contributed by atoms with Crippen molar-refractivity contribution in [3.8, 4) is 5.75 Å². The number of H-pyrrole nitrogens is 3. The monoisotopic (exact) mass is 402 g/mol. The Kier molecular flexibility index (Phi) is 5.55. The molecule has 0 saturated carbocycles. The van der Waals surface area contributed by atoms with E-state index in [-0.39, 0.29) is 0 Å². The zero-order valence-corrected chi connectivity index (χ0v) is 18.4. The number of nitrogens with zero attached hydrogens (tertiary/aromatic N) is 1. The molecule has 0 atom stereocenters. The highest BCUT2D eigenvalue weighted by molar-refractivity contribution is 5.81. The van der Waals surface area contributed by atoms with Gasteiger partial charge in [-0.1, -0.05) is 24.3 Å². The summed E-state index contributed by atoms with van der Waals surface area (Å²) in [7, 11) is 4.17. The van der Waals surface area contributed by atoms with Crippen molar-refractivity contribution in [2.75, 3.05) is 27.2 Å². The molecule has 5 nitrogen and oxygen atoms in total. The van der Waals surface area contributed by atoms with E-state index < -0.39 is 0 Å². The van der Waals surface area contributed by atoms with Gasteiger partial charge in [0.15, 0.2) is 0 Å². The van der Waals surface area contributed by atoms with E-state index in [1.165, 1.54) is 16.2 Å². The topological polar surface area (TPSA) is 59.8 Å². The molecule has 3 N–H and O–H groups in total. The molecular formula is C25H30N4O. The summed E-state index contributed by atoms with van der Waals surface area (Å²) in [6.07, 6.45) is 4.40. The minimum absolute atomic E-state index is 0.618. The van der Waals surface area contributed by atoms with Gasteiger partial charge in [0.2, 0.25) is 0 Å². The molecule has 0 aliphatic carbocycles. The maximum Gasteiger partial charge on any atom is 0.144 e. The molecule has 0 fully saturated rings. The van der Waals surface area contributed by atoms with Crippen molar-refractivity contribution in [1.82, 2.24) is 19.9 Å². The molecule has 3 heterocycles. The minimum Gasteiger partial charge on any atom is -0.492 e. The van der Waals surface area contributed by atoms with Gasteiger partial charge in [0.1, 0.15) is 5.75 Å². The average Bonchev–Trinajstić information content (AvgIpc) is 3.36. The van der Waals surface area contributed by atoms with Crippen LogP contribution in [0.3, 0.4) is 0 Å². The zero-order chi connectivity index (χ0) is 21.3. The van der Waals surface area contributed by atoms with Crippen molar-refractivity contribution in [1.29, 1.82) is 0 Å². The van der Waals surface area contributed by atoms with Crippen molar-refractivity contribution < 1.29 is 4.74 Å². The number of benzene rings is 1. The van der Waals surface area contributed by atoms with Gasteiger partial charge in [-0.2, -0.15) is 0 Å². The predicted molar refractivity (Wildman–Crippen MR) is 124 cm³/mol. The third-order valence-corrected chi connectivity index (χ3v) is 5.26. The first kappa shape index (κ1) is 20.1. The second-order valence-electron chi connectivity index (χ2n) is 8.01. The van der Waals surface area contributed by atoms with Gasteiger partial charge in [-0.3, -0.25) is 0 Å². The van der Waals surface area contributed by atoms with E-state index in [1.807, 2.05) is 6.92 Å². The largest absolute Gasteiger partial charge is 0.492 e. The van der Waals surface area contributed by atoms with Crippen LogP contribution in [-0.2, 0) is 0 Å². The third-order valence-electron chi connectivity index (χ3n) is 5.26. The second-order valence-corrected chi connectivity index (χ2v) is 8.01. The summed E-state index contributed by atoms with van der Waals surface area (Å²) < 4.78 is 5.96. The number of aromatic amines is 3. The summed E-state index contributed by atoms with van der Waals surface area (Å²) >= 11 is 0. The molecule has 4 rings (SSSR count). The highest BCUT2D eigenvalue weighted by atomic mass is 16.5. The Balaban J connectivity index is 2.05. The van der Waals surface area contributed by atoms with Crippen molar-refractivity contribution in [3.05, 3.63) is 74.6 Å². The van der Waals surface area contributed by atoms with Crippen LogP contribution in [-0.4, -0.2) is 47.1 Å². The summed E-state index contributed by atoms with van der Waals surface area (Å²) in [5.41, 5.74) is 4.60. The van der Waals surface area contributed by atoms with Crippen LogP contribution in [0.1, 0.15) is 23.9 Å². The van der Waals surface area contributed by atoms with Gasteiger partial charge in [-0.15, -0.1) is 0 Å². The molecule has 4 aromatic rings. The molecule has 156 valence electrons. The van der Waals surface area contributed by atoms with Crippen molar-refractivity contribution in [2.45, 2.75) is 20.8 Å². The van der Waals surface area contributed by atoms with E-state index >= 15 is 0 Å². The van der Waals surface area contributed by atoms with Gasteiger partial charge in [-0.05, 0) is 58.6 Å². The van der Waals surface area contributed by atoms with Crippen LogP contribution >= 0.6 is 0 Å². The first-order valence-electron chi connectivity index (χ1n) is 10.4. The fourth-order valence-electron chi connectivity index (χ4n) is 3.87. The van der Waals surface area contributed by atoms with Crippen LogP contribution < -0.4 is 15.3 Å². The Morgan fingerprint density at radius 3 is 2.53 bits per heavy atom. The molecule has 3 aromatic heterocycles. The fraction of sp³-hybridized carbons (Fsp3) is 0.280. The van der Waals surface area contributed by atoms with Crippen LogP contribution in [0.5, 0.6) is 5.75 Å². The molecule has 5 heteroatoms. The van der Waals surface area contributed by atoms with E-state index in [1.54, 1.807) is 0 Å². The Labute approximate surface area is 176 Å². The van der Waals surface area contributed by atoms with Crippen LogP contribution in [0.15, 0.2) is 36.4 Å². The molecule has 0 unspecified atom stereocenters. The summed E-state index contributed by atoms with van der Waals surface area (Å²) in [5.74, 6) is 0.858.